The summed E-state index contributed by atoms with van der Waals surface area (Å²) in [7, 11) is 0. The third-order valence-corrected chi connectivity index (χ3v) is 8.93. The topological polar surface area (TPSA) is 46.8 Å². The van der Waals surface area contributed by atoms with Crippen LogP contribution in [0.2, 0.25) is 0 Å². The molecule has 0 spiro atoms. The highest BCUT2D eigenvalue weighted by molar-refractivity contribution is 6.25. The number of rotatable bonds is 7. The van der Waals surface area contributed by atoms with Crippen LogP contribution in [0.4, 0.5) is 0 Å². The van der Waals surface area contributed by atoms with E-state index in [2.05, 4.69) is 53.7 Å². The van der Waals surface area contributed by atoms with Crippen molar-refractivity contribution >= 4 is 17.1 Å². The first-order valence-corrected chi connectivity index (χ1v) is 16.9. The van der Waals surface area contributed by atoms with Crippen LogP contribution >= 0.6 is 0 Å². The summed E-state index contributed by atoms with van der Waals surface area (Å²) in [4.78, 5) is 14.4. The Morgan fingerprint density at radius 2 is 1.31 bits per heavy atom. The molecule has 4 heteroatoms. The zero-order chi connectivity index (χ0) is 34.9. The fourth-order valence-corrected chi connectivity index (χ4v) is 5.90. The predicted molar refractivity (Wildman–Crippen MR) is 199 cm³/mol. The van der Waals surface area contributed by atoms with E-state index in [1.807, 2.05) is 117 Å². The minimum Gasteiger partial charge on any atom is -0.487 e. The van der Waals surface area contributed by atoms with Gasteiger partial charge in [0.05, 0.1) is 28.2 Å². The summed E-state index contributed by atoms with van der Waals surface area (Å²) in [5.41, 5.74) is 7.24. The molecule has 0 saturated carbocycles. The minimum absolute atomic E-state index is 0.0308. The zero-order valence-electron chi connectivity index (χ0n) is 29.8. The molecule has 49 heavy (non-hydrogen) atoms. The lowest BCUT2D eigenvalue weighted by atomic mass is 9.77. The lowest BCUT2D eigenvalue weighted by molar-refractivity contribution is -0.113. The Labute approximate surface area is 290 Å². The van der Waals surface area contributed by atoms with Gasteiger partial charge in [-0.2, -0.15) is 0 Å². The average Bonchev–Trinajstić information content (AvgIpc) is 3.10. The van der Waals surface area contributed by atoms with Crippen molar-refractivity contribution in [2.24, 2.45) is 5.41 Å². The Morgan fingerprint density at radius 3 is 1.90 bits per heavy atom. The van der Waals surface area contributed by atoms with Crippen LogP contribution in [-0.4, -0.2) is 5.78 Å². The van der Waals surface area contributed by atoms with Gasteiger partial charge in [0, 0.05) is 17.0 Å². The highest BCUT2D eigenvalue weighted by Gasteiger charge is 2.40. The maximum Gasteiger partial charge on any atom is 0.360 e. The molecule has 2 heterocycles. The van der Waals surface area contributed by atoms with Gasteiger partial charge in [-0.3, -0.25) is 4.79 Å². The molecule has 1 aliphatic heterocycles. The first-order valence-electron chi connectivity index (χ1n) is 16.9. The van der Waals surface area contributed by atoms with Crippen molar-refractivity contribution in [2.75, 3.05) is 0 Å². The maximum atomic E-state index is 14.4. The highest BCUT2D eigenvalue weighted by Crippen LogP contribution is 2.45. The summed E-state index contributed by atoms with van der Waals surface area (Å²) in [6.07, 6.45) is 4.09. The van der Waals surface area contributed by atoms with E-state index >= 15 is 0 Å². The Morgan fingerprint density at radius 1 is 0.714 bits per heavy atom. The molecule has 1 aromatic heterocycles. The first-order chi connectivity index (χ1) is 23.3. The lowest BCUT2D eigenvalue weighted by Gasteiger charge is -2.31. The molecule has 3 aromatic carbocycles. The average molecular weight is 650 g/mol. The van der Waals surface area contributed by atoms with Gasteiger partial charge in [-0.25, -0.2) is 4.42 Å². The number of hydrogen-bond donors (Lipinski definition) is 0. The van der Waals surface area contributed by atoms with E-state index in [0.29, 0.717) is 23.5 Å². The second-order valence-corrected chi connectivity index (χ2v) is 14.8. The molecule has 248 valence electrons. The third kappa shape index (κ3) is 7.15. The number of ketones is 1. The van der Waals surface area contributed by atoms with E-state index < -0.39 is 0 Å². The van der Waals surface area contributed by atoms with Crippen molar-refractivity contribution in [3.63, 3.8) is 0 Å². The van der Waals surface area contributed by atoms with Gasteiger partial charge in [0.15, 0.2) is 0 Å². The van der Waals surface area contributed by atoms with Crippen LogP contribution in [-0.2, 0) is 26.3 Å². The van der Waals surface area contributed by atoms with Crippen molar-refractivity contribution < 1.29 is 18.7 Å². The fourth-order valence-electron chi connectivity index (χ4n) is 5.90. The van der Waals surface area contributed by atoms with Gasteiger partial charge in [-0.1, -0.05) is 99.6 Å². The number of carbonyl (C=O) groups excluding carboxylic acids is 1. The second-order valence-electron chi connectivity index (χ2n) is 14.8. The molecule has 0 radical (unpaired) electrons. The van der Waals surface area contributed by atoms with Crippen molar-refractivity contribution in [2.45, 2.75) is 67.4 Å². The Balaban J connectivity index is 1.53. The van der Waals surface area contributed by atoms with Crippen LogP contribution in [0.3, 0.4) is 0 Å². The van der Waals surface area contributed by atoms with Gasteiger partial charge in [-0.05, 0) is 86.7 Å². The standard InChI is InChI=1S/C45H45O4/c1-29(34-24-36(32-20-14-10-15-21-32)48-38(26-34)44(3,4)5)40-42(46)41(43(40)47-28-31-18-12-9-13-19-31)30(2)35-25-37(33-22-16-11-17-23-33)49-39(27-35)45(6,7)8/h9-27H,28H2,1-8H3/q+1. The van der Waals surface area contributed by atoms with Gasteiger partial charge in [-0.15, -0.1) is 0 Å². The van der Waals surface area contributed by atoms with Crippen molar-refractivity contribution in [1.29, 1.82) is 0 Å². The van der Waals surface area contributed by atoms with Crippen LogP contribution in [0.5, 0.6) is 0 Å². The Bertz CT molecular complexity index is 2040. The Hall–Kier alpha value is -5.22. The van der Waals surface area contributed by atoms with Crippen molar-refractivity contribution in [3.8, 4) is 11.3 Å². The van der Waals surface area contributed by atoms with E-state index in [4.69, 9.17) is 13.9 Å². The molecular formula is C45H45O4+. The SMILES string of the molecule is CC(=C1C=C(c2ccccc2)OC(C(C)(C)C)=C1)C1=C(OCc2ccccc2)C(=C(C)c2cc(-c3ccccc3)[o+]c(C(C)(C)C)c2)C1=O. The smallest absolute Gasteiger partial charge is 0.360 e. The highest BCUT2D eigenvalue weighted by atomic mass is 16.5. The molecule has 2 aliphatic rings. The third-order valence-electron chi connectivity index (χ3n) is 8.93. The van der Waals surface area contributed by atoms with Gasteiger partial charge < -0.3 is 9.47 Å². The number of Topliss-reactive ketones (excluding diaryl/α,β-unsaturated/α-hetero) is 1. The monoisotopic (exact) mass is 649 g/mol. The van der Waals surface area contributed by atoms with Crippen LogP contribution in [0.25, 0.3) is 22.7 Å². The number of hydrogen-bond acceptors (Lipinski definition) is 3. The predicted octanol–water partition coefficient (Wildman–Crippen LogP) is 11.7. The summed E-state index contributed by atoms with van der Waals surface area (Å²) in [5, 5.41) is 0. The quantitative estimate of drug-likeness (QED) is 0.148. The van der Waals surface area contributed by atoms with Crippen LogP contribution < -0.4 is 0 Å². The Kier molecular flexibility index (Phi) is 9.18. The molecule has 0 N–H and O–H groups in total. The molecule has 0 bridgehead atoms. The van der Waals surface area contributed by atoms with Crippen LogP contribution in [0.15, 0.2) is 154 Å². The lowest BCUT2D eigenvalue weighted by Crippen LogP contribution is -2.27. The molecule has 1 aliphatic carbocycles. The van der Waals surface area contributed by atoms with E-state index in [9.17, 15) is 4.79 Å². The second kappa shape index (κ2) is 13.4. The van der Waals surface area contributed by atoms with Gasteiger partial charge in [0.2, 0.25) is 5.78 Å². The molecule has 0 unspecified atom stereocenters. The zero-order valence-corrected chi connectivity index (χ0v) is 29.8. The number of benzene rings is 3. The van der Waals surface area contributed by atoms with Gasteiger partial charge >= 0.3 is 11.5 Å². The normalized spacial score (nSPS) is 17.1. The molecule has 0 fully saturated rings. The van der Waals surface area contributed by atoms with E-state index in [0.717, 1.165) is 62.0 Å². The number of ether oxygens (including phenoxy) is 2. The molecule has 6 rings (SSSR count). The number of allylic oxidation sites excluding steroid dienone is 8. The van der Waals surface area contributed by atoms with Crippen molar-refractivity contribution in [1.82, 2.24) is 0 Å². The summed E-state index contributed by atoms with van der Waals surface area (Å²) in [6, 6.07) is 34.3. The molecule has 0 amide bonds. The minimum atomic E-state index is -0.244. The largest absolute Gasteiger partial charge is 0.487 e. The van der Waals surface area contributed by atoms with E-state index in [1.165, 1.54) is 0 Å². The van der Waals surface area contributed by atoms with E-state index in [-0.39, 0.29) is 16.6 Å². The summed E-state index contributed by atoms with van der Waals surface area (Å²) >= 11 is 0. The van der Waals surface area contributed by atoms with Crippen molar-refractivity contribution in [3.05, 3.63) is 172 Å². The summed E-state index contributed by atoms with van der Waals surface area (Å²) in [5.74, 6) is 3.77. The molecule has 4 nitrogen and oxygen atoms in total. The van der Waals surface area contributed by atoms with Crippen LogP contribution in [0.1, 0.15) is 77.8 Å². The summed E-state index contributed by atoms with van der Waals surface area (Å²) < 4.78 is 19.5. The molecule has 0 saturated heterocycles. The fraction of sp³-hybridized carbons (Fsp3) is 0.244. The summed E-state index contributed by atoms with van der Waals surface area (Å²) in [6.45, 7) is 17.2. The maximum absolute atomic E-state index is 14.4. The molecule has 4 aromatic rings. The molecule has 0 atom stereocenters. The van der Waals surface area contributed by atoms with E-state index in [1.54, 1.807) is 0 Å². The molecular weight excluding hydrogens is 604 g/mol. The first kappa shape index (κ1) is 33.7. The van der Waals surface area contributed by atoms with Gasteiger partial charge in [0.25, 0.3) is 0 Å². The van der Waals surface area contributed by atoms with Crippen LogP contribution in [0, 0.1) is 5.41 Å². The van der Waals surface area contributed by atoms with Gasteiger partial charge in [0.1, 0.15) is 23.9 Å². The number of carbonyl (C=O) groups is 1.